The third-order valence-electron chi connectivity index (χ3n) is 7.21. The summed E-state index contributed by atoms with van der Waals surface area (Å²) < 4.78 is 46.0. The van der Waals surface area contributed by atoms with Gasteiger partial charge in [-0.25, -0.2) is 21.8 Å². The summed E-state index contributed by atoms with van der Waals surface area (Å²) in [5, 5.41) is 0. The van der Waals surface area contributed by atoms with Gasteiger partial charge < -0.3 is 9.80 Å². The number of amides is 1. The number of piperazine rings is 1. The molecule has 4 aromatic rings. The molecule has 0 unspecified atom stereocenters. The van der Waals surface area contributed by atoms with E-state index in [1.165, 1.54) is 22.9 Å². The van der Waals surface area contributed by atoms with Crippen LogP contribution in [0.4, 0.5) is 15.8 Å². The SMILES string of the molecule is Cc1c(N(CC(=O)N2CCN(c3ccccc3F)CC2)S(=O)(=O)c2ccccc2)c(=O)n(-c2ccccc2)n1C. The summed E-state index contributed by atoms with van der Waals surface area (Å²) in [6, 6.07) is 23.1. The molecule has 1 fully saturated rings. The van der Waals surface area contributed by atoms with Gasteiger partial charge in [0.1, 0.15) is 18.0 Å². The lowest BCUT2D eigenvalue weighted by molar-refractivity contribution is -0.129. The molecule has 5 rings (SSSR count). The molecule has 1 aliphatic rings. The Kier molecular flexibility index (Phi) is 7.49. The van der Waals surface area contributed by atoms with Gasteiger partial charge >= 0.3 is 0 Å². The molecule has 0 atom stereocenters. The molecule has 9 nitrogen and oxygen atoms in total. The molecule has 1 amide bonds. The smallest absolute Gasteiger partial charge is 0.296 e. The van der Waals surface area contributed by atoms with Crippen LogP contribution in [0.5, 0.6) is 0 Å². The molecular formula is C29H30FN5O4S. The van der Waals surface area contributed by atoms with Gasteiger partial charge in [0, 0.05) is 33.2 Å². The van der Waals surface area contributed by atoms with Crippen LogP contribution < -0.4 is 14.8 Å². The number of carbonyl (C=O) groups excluding carboxylic acids is 1. The molecule has 208 valence electrons. The van der Waals surface area contributed by atoms with E-state index in [-0.39, 0.29) is 29.5 Å². The lowest BCUT2D eigenvalue weighted by Gasteiger charge is -2.37. The zero-order valence-corrected chi connectivity index (χ0v) is 23.1. The van der Waals surface area contributed by atoms with Crippen molar-refractivity contribution in [3.05, 3.63) is 107 Å². The fourth-order valence-electron chi connectivity index (χ4n) is 4.97. The van der Waals surface area contributed by atoms with Crippen molar-refractivity contribution in [2.24, 2.45) is 7.05 Å². The number of halogens is 1. The summed E-state index contributed by atoms with van der Waals surface area (Å²) in [6.45, 7) is 2.46. The Bertz CT molecular complexity index is 1680. The number of hydrogen-bond acceptors (Lipinski definition) is 5. The fourth-order valence-corrected chi connectivity index (χ4v) is 6.46. The van der Waals surface area contributed by atoms with Gasteiger partial charge in [0.15, 0.2) is 0 Å². The van der Waals surface area contributed by atoms with E-state index in [1.54, 1.807) is 84.2 Å². The number of nitrogens with zero attached hydrogens (tertiary/aromatic N) is 5. The number of rotatable bonds is 7. The Balaban J connectivity index is 1.49. The Morgan fingerprint density at radius 1 is 0.875 bits per heavy atom. The lowest BCUT2D eigenvalue weighted by atomic mass is 10.2. The second-order valence-electron chi connectivity index (χ2n) is 9.55. The molecule has 1 saturated heterocycles. The number of carbonyl (C=O) groups is 1. The van der Waals surface area contributed by atoms with E-state index in [0.29, 0.717) is 30.2 Å². The van der Waals surface area contributed by atoms with E-state index in [9.17, 15) is 22.4 Å². The van der Waals surface area contributed by atoms with Gasteiger partial charge in [-0.15, -0.1) is 0 Å². The second kappa shape index (κ2) is 11.0. The lowest BCUT2D eigenvalue weighted by Crippen LogP contribution is -2.52. The van der Waals surface area contributed by atoms with E-state index in [4.69, 9.17) is 0 Å². The average molecular weight is 564 g/mol. The number of anilines is 2. The van der Waals surface area contributed by atoms with Crippen LogP contribution in [0, 0.1) is 12.7 Å². The minimum absolute atomic E-state index is 0.0268. The third kappa shape index (κ3) is 5.00. The van der Waals surface area contributed by atoms with Crippen molar-refractivity contribution >= 4 is 27.3 Å². The normalized spacial score (nSPS) is 13.9. The summed E-state index contributed by atoms with van der Waals surface area (Å²) in [4.78, 5) is 30.7. The molecule has 0 bridgehead atoms. The molecule has 0 spiro atoms. The largest absolute Gasteiger partial charge is 0.366 e. The van der Waals surface area contributed by atoms with Gasteiger partial charge in [0.05, 0.1) is 22.0 Å². The van der Waals surface area contributed by atoms with Crippen molar-refractivity contribution < 1.29 is 17.6 Å². The average Bonchev–Trinajstić information content (AvgIpc) is 3.19. The van der Waals surface area contributed by atoms with Crippen molar-refractivity contribution in [3.8, 4) is 5.69 Å². The highest BCUT2D eigenvalue weighted by molar-refractivity contribution is 7.92. The summed E-state index contributed by atoms with van der Waals surface area (Å²) in [6.07, 6.45) is 0. The molecule has 0 N–H and O–H groups in total. The highest BCUT2D eigenvalue weighted by Gasteiger charge is 2.35. The van der Waals surface area contributed by atoms with E-state index < -0.39 is 28.0 Å². The molecule has 2 heterocycles. The van der Waals surface area contributed by atoms with Crippen LogP contribution in [0.2, 0.25) is 0 Å². The number of aromatic nitrogens is 2. The fraction of sp³-hybridized carbons (Fsp3) is 0.241. The first-order valence-corrected chi connectivity index (χ1v) is 14.3. The van der Waals surface area contributed by atoms with Crippen molar-refractivity contribution in [3.63, 3.8) is 0 Å². The standard InChI is InChI=1S/C29H30FN5O4S/c1-22-28(29(37)35(31(22)2)23-11-5-3-6-12-23)34(40(38,39)24-13-7-4-8-14-24)21-27(36)33-19-17-32(18-20-33)26-16-10-9-15-25(26)30/h3-16H,17-21H2,1-2H3. The minimum atomic E-state index is -4.28. The predicted octanol–water partition coefficient (Wildman–Crippen LogP) is 3.17. The topological polar surface area (TPSA) is 87.9 Å². The Hall–Kier alpha value is -4.38. The number of benzene rings is 3. The zero-order valence-electron chi connectivity index (χ0n) is 22.3. The summed E-state index contributed by atoms with van der Waals surface area (Å²) >= 11 is 0. The third-order valence-corrected chi connectivity index (χ3v) is 8.97. The molecule has 11 heteroatoms. The zero-order chi connectivity index (χ0) is 28.4. The van der Waals surface area contributed by atoms with Crippen LogP contribution >= 0.6 is 0 Å². The maximum Gasteiger partial charge on any atom is 0.296 e. The van der Waals surface area contributed by atoms with Crippen molar-refractivity contribution in [2.75, 3.05) is 41.9 Å². The summed E-state index contributed by atoms with van der Waals surface area (Å²) in [5.41, 5.74) is 0.781. The minimum Gasteiger partial charge on any atom is -0.366 e. The van der Waals surface area contributed by atoms with Gasteiger partial charge in [-0.1, -0.05) is 48.5 Å². The van der Waals surface area contributed by atoms with Gasteiger partial charge in [0.2, 0.25) is 5.91 Å². The summed E-state index contributed by atoms with van der Waals surface area (Å²) in [5.74, 6) is -0.779. The van der Waals surface area contributed by atoms with Crippen LogP contribution in [-0.2, 0) is 21.9 Å². The van der Waals surface area contributed by atoms with Crippen LogP contribution in [0.25, 0.3) is 5.69 Å². The molecule has 40 heavy (non-hydrogen) atoms. The van der Waals surface area contributed by atoms with Gasteiger partial charge in [0.25, 0.3) is 15.6 Å². The van der Waals surface area contributed by atoms with Gasteiger partial charge in [-0.3, -0.25) is 14.3 Å². The van der Waals surface area contributed by atoms with Gasteiger partial charge in [-0.05, 0) is 43.3 Å². The molecule has 0 radical (unpaired) electrons. The number of para-hydroxylation sites is 2. The molecule has 1 aliphatic heterocycles. The summed E-state index contributed by atoms with van der Waals surface area (Å²) in [7, 11) is -2.61. The Morgan fingerprint density at radius 3 is 2.08 bits per heavy atom. The first kappa shape index (κ1) is 27.2. The Labute approximate surface area is 232 Å². The maximum atomic E-state index is 14.3. The van der Waals surface area contributed by atoms with Crippen molar-refractivity contribution in [1.82, 2.24) is 14.3 Å². The van der Waals surface area contributed by atoms with Crippen LogP contribution in [-0.4, -0.2) is 61.3 Å². The maximum absolute atomic E-state index is 14.3. The van der Waals surface area contributed by atoms with E-state index in [1.807, 2.05) is 11.0 Å². The molecule has 0 aliphatic carbocycles. The van der Waals surface area contributed by atoms with Crippen LogP contribution in [0.15, 0.2) is 94.6 Å². The number of sulfonamides is 1. The van der Waals surface area contributed by atoms with E-state index in [0.717, 1.165) is 4.31 Å². The molecule has 3 aromatic carbocycles. The van der Waals surface area contributed by atoms with Gasteiger partial charge in [-0.2, -0.15) is 0 Å². The first-order valence-electron chi connectivity index (χ1n) is 12.9. The monoisotopic (exact) mass is 563 g/mol. The predicted molar refractivity (Wildman–Crippen MR) is 152 cm³/mol. The quantitative estimate of drug-likeness (QED) is 0.345. The van der Waals surface area contributed by atoms with Crippen molar-refractivity contribution in [1.29, 1.82) is 0 Å². The molecular weight excluding hydrogens is 533 g/mol. The second-order valence-corrected chi connectivity index (χ2v) is 11.4. The molecule has 1 aromatic heterocycles. The Morgan fingerprint density at radius 2 is 1.45 bits per heavy atom. The van der Waals surface area contributed by atoms with Crippen LogP contribution in [0.3, 0.4) is 0 Å². The van der Waals surface area contributed by atoms with E-state index >= 15 is 0 Å². The van der Waals surface area contributed by atoms with Crippen molar-refractivity contribution in [2.45, 2.75) is 11.8 Å². The highest BCUT2D eigenvalue weighted by Crippen LogP contribution is 2.26. The number of hydrogen-bond donors (Lipinski definition) is 0. The first-order chi connectivity index (χ1) is 19.2. The van der Waals surface area contributed by atoms with E-state index in [2.05, 4.69) is 0 Å². The highest BCUT2D eigenvalue weighted by atomic mass is 32.2. The molecule has 0 saturated carbocycles. The van der Waals surface area contributed by atoms with Crippen LogP contribution in [0.1, 0.15) is 5.69 Å².